The van der Waals surface area contributed by atoms with E-state index in [0.29, 0.717) is 0 Å². The summed E-state index contributed by atoms with van der Waals surface area (Å²) in [6.45, 7) is 4.71. The van der Waals surface area contributed by atoms with E-state index in [4.69, 9.17) is 0 Å². The van der Waals surface area contributed by atoms with Crippen molar-refractivity contribution in [3.63, 3.8) is 0 Å². The van der Waals surface area contributed by atoms with Crippen LogP contribution in [0.25, 0.3) is 0 Å². The molecular weight excluding hydrogens is 214 g/mol. The maximum Gasteiger partial charge on any atom is 0.00582 e. The van der Waals surface area contributed by atoms with Gasteiger partial charge in [-0.05, 0) is 37.5 Å². The smallest absolute Gasteiger partial charge is 0.00582 e. The van der Waals surface area contributed by atoms with Crippen LogP contribution in [0, 0.1) is 5.92 Å². The van der Waals surface area contributed by atoms with E-state index in [0.717, 1.165) is 5.92 Å². The summed E-state index contributed by atoms with van der Waals surface area (Å²) in [5.74, 6) is 3.77. The Balaban J connectivity index is 1.71. The maximum atomic E-state index is 3.55. The lowest BCUT2D eigenvalue weighted by Gasteiger charge is -2.08. The number of thioether (sulfide) groups is 1. The van der Waals surface area contributed by atoms with E-state index >= 15 is 0 Å². The van der Waals surface area contributed by atoms with Gasteiger partial charge >= 0.3 is 0 Å². The van der Waals surface area contributed by atoms with Gasteiger partial charge in [0.25, 0.3) is 0 Å². The van der Waals surface area contributed by atoms with E-state index in [1.807, 2.05) is 0 Å². The molecule has 1 aliphatic rings. The Hall–Kier alpha value is 0.310. The minimum atomic E-state index is 1.05. The second-order valence-corrected chi connectivity index (χ2v) is 6.19. The van der Waals surface area contributed by atoms with Gasteiger partial charge in [0.05, 0.1) is 0 Å². The molecule has 1 rings (SSSR count). The molecule has 1 saturated carbocycles. The molecule has 0 aromatic rings. The van der Waals surface area contributed by atoms with Crippen LogP contribution >= 0.6 is 11.8 Å². The summed E-state index contributed by atoms with van der Waals surface area (Å²) in [7, 11) is 0. The topological polar surface area (TPSA) is 12.0 Å². The molecule has 1 aliphatic carbocycles. The van der Waals surface area contributed by atoms with Crippen LogP contribution in [0.5, 0.6) is 0 Å². The molecule has 0 aliphatic heterocycles. The summed E-state index contributed by atoms with van der Waals surface area (Å²) in [5, 5.41) is 3.55. The highest BCUT2D eigenvalue weighted by atomic mass is 32.2. The Kier molecular flexibility index (Phi) is 9.40. The molecule has 2 heteroatoms. The quantitative estimate of drug-likeness (QED) is 0.580. The summed E-state index contributed by atoms with van der Waals surface area (Å²) >= 11 is 2.16. The fourth-order valence-corrected chi connectivity index (χ4v) is 3.50. The van der Waals surface area contributed by atoms with Gasteiger partial charge in [0.15, 0.2) is 0 Å². The normalized spacial score (nSPS) is 17.1. The van der Waals surface area contributed by atoms with Crippen molar-refractivity contribution in [3.8, 4) is 0 Å². The van der Waals surface area contributed by atoms with Crippen molar-refractivity contribution in [1.29, 1.82) is 0 Å². The second kappa shape index (κ2) is 10.5. The van der Waals surface area contributed by atoms with Gasteiger partial charge in [-0.15, -0.1) is 0 Å². The molecule has 0 unspecified atom stereocenters. The summed E-state index contributed by atoms with van der Waals surface area (Å²) < 4.78 is 0. The lowest BCUT2D eigenvalue weighted by atomic mass is 10.1. The number of unbranched alkanes of at least 4 members (excludes halogenated alkanes) is 3. The second-order valence-electron chi connectivity index (χ2n) is 5.04. The zero-order valence-corrected chi connectivity index (χ0v) is 11.8. The van der Waals surface area contributed by atoms with E-state index in [-0.39, 0.29) is 0 Å². The third-order valence-electron chi connectivity index (χ3n) is 3.46. The highest BCUT2D eigenvalue weighted by molar-refractivity contribution is 7.99. The molecule has 1 nitrogen and oxygen atoms in total. The molecule has 0 spiro atoms. The largest absolute Gasteiger partial charge is 0.316 e. The molecule has 1 fully saturated rings. The number of nitrogens with one attached hydrogen (secondary N) is 1. The van der Waals surface area contributed by atoms with Gasteiger partial charge < -0.3 is 5.32 Å². The first kappa shape index (κ1) is 14.4. The third kappa shape index (κ3) is 7.56. The summed E-state index contributed by atoms with van der Waals surface area (Å²) in [6, 6.07) is 0. The van der Waals surface area contributed by atoms with E-state index in [1.54, 1.807) is 0 Å². The van der Waals surface area contributed by atoms with Gasteiger partial charge in [-0.1, -0.05) is 39.0 Å². The molecule has 0 amide bonds. The van der Waals surface area contributed by atoms with Crippen LogP contribution in [0.4, 0.5) is 0 Å². The highest BCUT2D eigenvalue weighted by Gasteiger charge is 2.13. The van der Waals surface area contributed by atoms with Crippen LogP contribution < -0.4 is 5.32 Å². The fourth-order valence-electron chi connectivity index (χ4n) is 2.37. The average molecular weight is 243 g/mol. The van der Waals surface area contributed by atoms with Crippen molar-refractivity contribution in [2.24, 2.45) is 5.92 Å². The van der Waals surface area contributed by atoms with Crippen molar-refractivity contribution >= 4 is 11.8 Å². The predicted octanol–water partition coefficient (Wildman–Crippen LogP) is 4.08. The predicted molar refractivity (Wildman–Crippen MR) is 76.3 cm³/mol. The molecule has 0 radical (unpaired) electrons. The van der Waals surface area contributed by atoms with Gasteiger partial charge in [0, 0.05) is 12.3 Å². The molecule has 96 valence electrons. The SMILES string of the molecule is CCCCCCNCCSCC1CCCC1. The molecule has 0 atom stereocenters. The molecule has 0 heterocycles. The Morgan fingerprint density at radius 1 is 1.06 bits per heavy atom. The first-order valence-electron chi connectivity index (χ1n) is 7.22. The summed E-state index contributed by atoms with van der Waals surface area (Å²) in [6.07, 6.45) is 11.5. The Bertz CT molecular complexity index is 144. The van der Waals surface area contributed by atoms with Crippen LogP contribution in [0.2, 0.25) is 0 Å². The van der Waals surface area contributed by atoms with Gasteiger partial charge in [-0.2, -0.15) is 11.8 Å². The minimum absolute atomic E-state index is 1.05. The van der Waals surface area contributed by atoms with Crippen LogP contribution in [0.3, 0.4) is 0 Å². The van der Waals surface area contributed by atoms with E-state index < -0.39 is 0 Å². The molecule has 1 N–H and O–H groups in total. The van der Waals surface area contributed by atoms with Gasteiger partial charge in [0.2, 0.25) is 0 Å². The molecule has 0 aromatic heterocycles. The molecule has 16 heavy (non-hydrogen) atoms. The van der Waals surface area contributed by atoms with Crippen LogP contribution in [-0.4, -0.2) is 24.6 Å². The summed E-state index contributed by atoms with van der Waals surface area (Å²) in [5.41, 5.74) is 0. The Morgan fingerprint density at radius 3 is 2.62 bits per heavy atom. The third-order valence-corrected chi connectivity index (χ3v) is 4.66. The molecule has 0 bridgehead atoms. The van der Waals surface area contributed by atoms with Gasteiger partial charge in [-0.25, -0.2) is 0 Å². The number of hydrogen-bond acceptors (Lipinski definition) is 2. The molecule has 0 aromatic carbocycles. The number of hydrogen-bond donors (Lipinski definition) is 1. The van der Waals surface area contributed by atoms with Gasteiger partial charge in [-0.3, -0.25) is 0 Å². The maximum absolute atomic E-state index is 3.55. The Morgan fingerprint density at radius 2 is 1.88 bits per heavy atom. The van der Waals surface area contributed by atoms with Crippen molar-refractivity contribution in [1.82, 2.24) is 5.32 Å². The monoisotopic (exact) mass is 243 g/mol. The van der Waals surface area contributed by atoms with Crippen molar-refractivity contribution in [2.45, 2.75) is 58.3 Å². The minimum Gasteiger partial charge on any atom is -0.316 e. The van der Waals surface area contributed by atoms with Crippen LogP contribution in [0.1, 0.15) is 58.3 Å². The van der Waals surface area contributed by atoms with Crippen LogP contribution in [-0.2, 0) is 0 Å². The van der Waals surface area contributed by atoms with Crippen molar-refractivity contribution in [3.05, 3.63) is 0 Å². The lowest BCUT2D eigenvalue weighted by molar-refractivity contribution is 0.610. The summed E-state index contributed by atoms with van der Waals surface area (Å²) in [4.78, 5) is 0. The van der Waals surface area contributed by atoms with Crippen molar-refractivity contribution in [2.75, 3.05) is 24.6 Å². The standard InChI is InChI=1S/C14H29NS/c1-2-3-4-7-10-15-11-12-16-13-14-8-5-6-9-14/h14-15H,2-13H2,1H3. The van der Waals surface area contributed by atoms with E-state index in [1.165, 1.54) is 76.0 Å². The van der Waals surface area contributed by atoms with Gasteiger partial charge in [0.1, 0.15) is 0 Å². The fraction of sp³-hybridized carbons (Fsp3) is 1.00. The average Bonchev–Trinajstić information content (AvgIpc) is 2.80. The zero-order valence-electron chi connectivity index (χ0n) is 11.0. The first-order chi connectivity index (χ1) is 7.93. The van der Waals surface area contributed by atoms with Crippen molar-refractivity contribution < 1.29 is 0 Å². The molecule has 0 saturated heterocycles. The molecular formula is C14H29NS. The zero-order chi connectivity index (χ0) is 11.5. The van der Waals surface area contributed by atoms with E-state index in [9.17, 15) is 0 Å². The number of rotatable bonds is 10. The highest BCUT2D eigenvalue weighted by Crippen LogP contribution is 2.27. The lowest BCUT2D eigenvalue weighted by Crippen LogP contribution is -2.18. The van der Waals surface area contributed by atoms with E-state index in [2.05, 4.69) is 24.0 Å². The van der Waals surface area contributed by atoms with Crippen LogP contribution in [0.15, 0.2) is 0 Å². The first-order valence-corrected chi connectivity index (χ1v) is 8.37. The Labute approximate surface area is 106 Å².